The molecule has 0 bridgehead atoms. The number of aliphatic hydroxyl groups excluding tert-OH is 1. The minimum Gasteiger partial charge on any atom is -0.396 e. The quantitative estimate of drug-likeness (QED) is 0.748. The number of aryl methyl sites for hydroxylation is 1. The summed E-state index contributed by atoms with van der Waals surface area (Å²) in [7, 11) is 0. The number of hydrogen-bond acceptors (Lipinski definition) is 2. The van der Waals surface area contributed by atoms with Crippen molar-refractivity contribution in [3.63, 3.8) is 0 Å². The van der Waals surface area contributed by atoms with E-state index < -0.39 is 0 Å². The lowest BCUT2D eigenvalue weighted by Crippen LogP contribution is -2.33. The minimum atomic E-state index is 0.239. The molecule has 0 saturated heterocycles. The highest BCUT2D eigenvalue weighted by Gasteiger charge is 2.10. The summed E-state index contributed by atoms with van der Waals surface area (Å²) in [4.78, 5) is 0. The maximum absolute atomic E-state index is 9.02. The van der Waals surface area contributed by atoms with Crippen LogP contribution >= 0.6 is 0 Å². The molecule has 0 aliphatic heterocycles. The van der Waals surface area contributed by atoms with Gasteiger partial charge in [-0.25, -0.2) is 0 Å². The van der Waals surface area contributed by atoms with Crippen molar-refractivity contribution in [1.82, 2.24) is 9.88 Å². The van der Waals surface area contributed by atoms with Gasteiger partial charge in [0.05, 0.1) is 0 Å². The van der Waals surface area contributed by atoms with Crippen LogP contribution in [0.4, 0.5) is 0 Å². The second-order valence-corrected chi connectivity index (χ2v) is 4.11. The van der Waals surface area contributed by atoms with Gasteiger partial charge < -0.3 is 15.0 Å². The Labute approximate surface area is 92.1 Å². The average Bonchev–Trinajstić information content (AvgIpc) is 2.71. The van der Waals surface area contributed by atoms with Crippen molar-refractivity contribution in [3.05, 3.63) is 24.0 Å². The van der Waals surface area contributed by atoms with Crippen LogP contribution in [-0.2, 0) is 13.1 Å². The van der Waals surface area contributed by atoms with Crippen molar-refractivity contribution in [1.29, 1.82) is 0 Å². The van der Waals surface area contributed by atoms with Crippen LogP contribution in [0, 0.1) is 5.92 Å². The largest absolute Gasteiger partial charge is 0.396 e. The van der Waals surface area contributed by atoms with E-state index in [0.717, 1.165) is 13.1 Å². The van der Waals surface area contributed by atoms with Crippen LogP contribution in [-0.4, -0.2) is 22.3 Å². The SMILES string of the molecule is CCn1cccc1CNC(C)C(C)CO. The molecular formula is C12H22N2O. The predicted molar refractivity (Wildman–Crippen MR) is 62.7 cm³/mol. The van der Waals surface area contributed by atoms with E-state index in [4.69, 9.17) is 5.11 Å². The second kappa shape index (κ2) is 5.93. The molecule has 0 radical (unpaired) electrons. The molecule has 3 heteroatoms. The number of hydrogen-bond donors (Lipinski definition) is 2. The first-order valence-corrected chi connectivity index (χ1v) is 5.67. The second-order valence-electron chi connectivity index (χ2n) is 4.11. The van der Waals surface area contributed by atoms with E-state index in [-0.39, 0.29) is 6.61 Å². The molecule has 3 nitrogen and oxygen atoms in total. The Morgan fingerprint density at radius 2 is 2.20 bits per heavy atom. The Morgan fingerprint density at radius 3 is 2.80 bits per heavy atom. The Morgan fingerprint density at radius 1 is 1.47 bits per heavy atom. The van der Waals surface area contributed by atoms with E-state index in [0.29, 0.717) is 12.0 Å². The summed E-state index contributed by atoms with van der Waals surface area (Å²) in [5.41, 5.74) is 1.30. The standard InChI is InChI=1S/C12H22N2O/c1-4-14-7-5-6-12(14)8-13-11(3)10(2)9-15/h5-7,10-11,13,15H,4,8-9H2,1-3H3. The Balaban J connectivity index is 2.43. The van der Waals surface area contributed by atoms with E-state index in [1.54, 1.807) is 0 Å². The van der Waals surface area contributed by atoms with Gasteiger partial charge in [0.1, 0.15) is 0 Å². The molecule has 0 spiro atoms. The van der Waals surface area contributed by atoms with Crippen LogP contribution < -0.4 is 5.32 Å². The number of rotatable bonds is 6. The normalized spacial score (nSPS) is 15.2. The van der Waals surface area contributed by atoms with Crippen LogP contribution in [0.25, 0.3) is 0 Å². The molecule has 0 aliphatic carbocycles. The topological polar surface area (TPSA) is 37.2 Å². The maximum atomic E-state index is 9.02. The molecular weight excluding hydrogens is 188 g/mol. The highest BCUT2D eigenvalue weighted by Crippen LogP contribution is 2.05. The van der Waals surface area contributed by atoms with Gasteiger partial charge in [-0.05, 0) is 31.9 Å². The summed E-state index contributed by atoms with van der Waals surface area (Å²) in [6.07, 6.45) is 2.09. The zero-order valence-corrected chi connectivity index (χ0v) is 9.90. The van der Waals surface area contributed by atoms with Crippen molar-refractivity contribution >= 4 is 0 Å². The number of aromatic nitrogens is 1. The molecule has 0 aliphatic rings. The van der Waals surface area contributed by atoms with E-state index in [1.165, 1.54) is 5.69 Å². The summed E-state index contributed by atoms with van der Waals surface area (Å²) in [6.45, 7) is 8.42. The van der Waals surface area contributed by atoms with Gasteiger partial charge >= 0.3 is 0 Å². The molecule has 0 amide bonds. The average molecular weight is 210 g/mol. The van der Waals surface area contributed by atoms with Crippen molar-refractivity contribution in [3.8, 4) is 0 Å². The summed E-state index contributed by atoms with van der Waals surface area (Å²) in [6, 6.07) is 4.54. The Bertz CT molecular complexity index is 283. The molecule has 1 rings (SSSR count). The molecule has 1 aromatic rings. The first-order valence-electron chi connectivity index (χ1n) is 5.67. The number of nitrogens with zero attached hydrogens (tertiary/aromatic N) is 1. The molecule has 15 heavy (non-hydrogen) atoms. The van der Waals surface area contributed by atoms with Gasteiger partial charge in [0.15, 0.2) is 0 Å². The Hall–Kier alpha value is -0.800. The fourth-order valence-electron chi connectivity index (χ4n) is 1.54. The van der Waals surface area contributed by atoms with Gasteiger partial charge in [-0.3, -0.25) is 0 Å². The van der Waals surface area contributed by atoms with E-state index in [9.17, 15) is 0 Å². The summed E-state index contributed by atoms with van der Waals surface area (Å²) in [5, 5.41) is 12.4. The van der Waals surface area contributed by atoms with Crippen molar-refractivity contribution in [2.24, 2.45) is 5.92 Å². The lowest BCUT2D eigenvalue weighted by Gasteiger charge is -2.19. The first-order chi connectivity index (χ1) is 7.19. The monoisotopic (exact) mass is 210 g/mol. The summed E-state index contributed by atoms with van der Waals surface area (Å²) >= 11 is 0. The molecule has 1 aromatic heterocycles. The van der Waals surface area contributed by atoms with Gasteiger partial charge in [-0.15, -0.1) is 0 Å². The highest BCUT2D eigenvalue weighted by molar-refractivity contribution is 5.06. The first kappa shape index (κ1) is 12.3. The molecule has 0 fully saturated rings. The molecule has 2 atom stereocenters. The molecule has 2 unspecified atom stereocenters. The fourth-order valence-corrected chi connectivity index (χ4v) is 1.54. The van der Waals surface area contributed by atoms with Crippen molar-refractivity contribution < 1.29 is 5.11 Å². The van der Waals surface area contributed by atoms with Gasteiger partial charge in [0.2, 0.25) is 0 Å². The van der Waals surface area contributed by atoms with E-state index in [1.807, 2.05) is 0 Å². The minimum absolute atomic E-state index is 0.239. The van der Waals surface area contributed by atoms with Crippen LogP contribution in [0.15, 0.2) is 18.3 Å². The number of nitrogens with one attached hydrogen (secondary N) is 1. The summed E-state index contributed by atoms with van der Waals surface area (Å²) < 4.78 is 2.23. The molecule has 0 saturated carbocycles. The van der Waals surface area contributed by atoms with Gasteiger partial charge in [0.25, 0.3) is 0 Å². The molecule has 86 valence electrons. The van der Waals surface area contributed by atoms with Gasteiger partial charge in [-0.1, -0.05) is 6.92 Å². The molecule has 2 N–H and O–H groups in total. The zero-order valence-electron chi connectivity index (χ0n) is 9.90. The zero-order chi connectivity index (χ0) is 11.3. The van der Waals surface area contributed by atoms with Crippen LogP contribution in [0.3, 0.4) is 0 Å². The van der Waals surface area contributed by atoms with Crippen LogP contribution in [0.1, 0.15) is 26.5 Å². The van der Waals surface area contributed by atoms with E-state index in [2.05, 4.69) is 49.0 Å². The fraction of sp³-hybridized carbons (Fsp3) is 0.667. The van der Waals surface area contributed by atoms with Gasteiger partial charge in [-0.2, -0.15) is 0 Å². The van der Waals surface area contributed by atoms with Gasteiger partial charge in [0, 0.05) is 37.6 Å². The van der Waals surface area contributed by atoms with Crippen molar-refractivity contribution in [2.45, 2.75) is 39.9 Å². The third-order valence-electron chi connectivity index (χ3n) is 3.01. The predicted octanol–water partition coefficient (Wildman–Crippen LogP) is 1.61. The molecule has 0 aromatic carbocycles. The highest BCUT2D eigenvalue weighted by atomic mass is 16.3. The lowest BCUT2D eigenvalue weighted by atomic mass is 10.1. The Kier molecular flexibility index (Phi) is 4.85. The van der Waals surface area contributed by atoms with E-state index >= 15 is 0 Å². The third kappa shape index (κ3) is 3.36. The smallest absolute Gasteiger partial charge is 0.0471 e. The lowest BCUT2D eigenvalue weighted by molar-refractivity contribution is 0.206. The van der Waals surface area contributed by atoms with Crippen LogP contribution in [0.2, 0.25) is 0 Å². The molecule has 1 heterocycles. The third-order valence-corrected chi connectivity index (χ3v) is 3.01. The summed E-state index contributed by atoms with van der Waals surface area (Å²) in [5.74, 6) is 0.301. The number of aliphatic hydroxyl groups is 1. The van der Waals surface area contributed by atoms with Crippen molar-refractivity contribution in [2.75, 3.05) is 6.61 Å². The van der Waals surface area contributed by atoms with Crippen LogP contribution in [0.5, 0.6) is 0 Å². The maximum Gasteiger partial charge on any atom is 0.0471 e.